The van der Waals surface area contributed by atoms with E-state index in [1.54, 1.807) is 19.1 Å². The van der Waals surface area contributed by atoms with Crippen LogP contribution in [-0.4, -0.2) is 45.7 Å². The number of rotatable bonds is 7. The summed E-state index contributed by atoms with van der Waals surface area (Å²) in [4.78, 5) is 21.0. The van der Waals surface area contributed by atoms with Gasteiger partial charge >= 0.3 is 0 Å². The molecule has 0 saturated heterocycles. The first-order chi connectivity index (χ1) is 14.2. The minimum Gasteiger partial charge on any atom is -0.494 e. The van der Waals surface area contributed by atoms with Crippen LogP contribution in [0, 0.1) is 6.92 Å². The average Bonchev–Trinajstić information content (AvgIpc) is 3.13. The van der Waals surface area contributed by atoms with E-state index in [4.69, 9.17) is 21.1 Å². The van der Waals surface area contributed by atoms with Crippen LogP contribution in [0.5, 0.6) is 10.9 Å². The number of halogens is 3. The van der Waals surface area contributed by atoms with Crippen molar-refractivity contribution < 1.29 is 23.0 Å². The van der Waals surface area contributed by atoms with Gasteiger partial charge in [0.15, 0.2) is 6.61 Å². The van der Waals surface area contributed by atoms with Crippen molar-refractivity contribution in [3.63, 3.8) is 0 Å². The fourth-order valence-electron chi connectivity index (χ4n) is 2.43. The molecule has 3 heterocycles. The predicted molar refractivity (Wildman–Crippen MR) is 108 cm³/mol. The van der Waals surface area contributed by atoms with E-state index in [1.807, 2.05) is 0 Å². The third-order valence-corrected chi connectivity index (χ3v) is 4.66. The van der Waals surface area contributed by atoms with E-state index in [0.717, 1.165) is 18.3 Å². The molecule has 0 aromatic carbocycles. The molecule has 3 aromatic rings. The molecular formula is C18H16ClF2N5O3S. The number of aromatic nitrogens is 4. The fraction of sp³-hybridized carbons (Fsp3) is 0.278. The van der Waals surface area contributed by atoms with Crippen molar-refractivity contribution in [2.75, 3.05) is 19.0 Å². The van der Waals surface area contributed by atoms with E-state index in [2.05, 4.69) is 25.5 Å². The molecule has 0 atom stereocenters. The van der Waals surface area contributed by atoms with Crippen LogP contribution in [0.2, 0.25) is 5.15 Å². The minimum absolute atomic E-state index is 0.0840. The molecule has 0 aliphatic heterocycles. The van der Waals surface area contributed by atoms with Crippen LogP contribution < -0.4 is 14.8 Å². The van der Waals surface area contributed by atoms with Gasteiger partial charge in [0.2, 0.25) is 5.13 Å². The van der Waals surface area contributed by atoms with Gasteiger partial charge in [-0.1, -0.05) is 16.7 Å². The second kappa shape index (κ2) is 8.84. The van der Waals surface area contributed by atoms with E-state index >= 15 is 0 Å². The van der Waals surface area contributed by atoms with Crippen LogP contribution in [-0.2, 0) is 0 Å². The van der Waals surface area contributed by atoms with Gasteiger partial charge in [-0.25, -0.2) is 13.8 Å². The number of anilines is 1. The van der Waals surface area contributed by atoms with Crippen molar-refractivity contribution in [1.29, 1.82) is 0 Å². The Morgan fingerprint density at radius 3 is 2.70 bits per heavy atom. The van der Waals surface area contributed by atoms with Gasteiger partial charge in [0.05, 0.1) is 18.9 Å². The summed E-state index contributed by atoms with van der Waals surface area (Å²) < 4.78 is 36.0. The predicted octanol–water partition coefficient (Wildman–Crippen LogP) is 4.25. The smallest absolute Gasteiger partial charge is 0.296 e. The fourth-order valence-corrected chi connectivity index (χ4v) is 3.17. The van der Waals surface area contributed by atoms with E-state index in [1.165, 1.54) is 19.5 Å². The molecule has 0 spiro atoms. The molecule has 0 unspecified atom stereocenters. The number of carbonyl (C=O) groups is 1. The summed E-state index contributed by atoms with van der Waals surface area (Å²) >= 11 is 6.85. The number of hydrogen-bond acceptors (Lipinski definition) is 8. The zero-order valence-electron chi connectivity index (χ0n) is 16.1. The van der Waals surface area contributed by atoms with Gasteiger partial charge < -0.3 is 9.47 Å². The maximum atomic E-state index is 12.9. The molecule has 1 amide bonds. The second-order valence-corrected chi connectivity index (χ2v) is 7.59. The highest BCUT2D eigenvalue weighted by Crippen LogP contribution is 2.34. The first kappa shape index (κ1) is 21.8. The van der Waals surface area contributed by atoms with Crippen LogP contribution in [0.3, 0.4) is 0 Å². The third-order valence-electron chi connectivity index (χ3n) is 3.71. The van der Waals surface area contributed by atoms with Crippen LogP contribution in [0.1, 0.15) is 23.0 Å². The van der Waals surface area contributed by atoms with E-state index in [-0.39, 0.29) is 21.0 Å². The zero-order chi connectivity index (χ0) is 21.9. The number of alkyl halides is 2. The largest absolute Gasteiger partial charge is 0.494 e. The lowest BCUT2D eigenvalue weighted by molar-refractivity contribution is -0.0231. The number of nitrogens with zero attached hydrogens (tertiary/aromatic N) is 4. The van der Waals surface area contributed by atoms with Gasteiger partial charge in [0.1, 0.15) is 10.9 Å². The Morgan fingerprint density at radius 1 is 1.23 bits per heavy atom. The molecule has 0 aliphatic carbocycles. The molecule has 30 heavy (non-hydrogen) atoms. The van der Waals surface area contributed by atoms with Gasteiger partial charge in [-0.05, 0) is 30.4 Å². The van der Waals surface area contributed by atoms with Crippen molar-refractivity contribution in [1.82, 2.24) is 20.2 Å². The van der Waals surface area contributed by atoms with Gasteiger partial charge in [0.25, 0.3) is 17.0 Å². The first-order valence-electron chi connectivity index (χ1n) is 8.48. The normalized spacial score (nSPS) is 11.3. The highest BCUT2D eigenvalue weighted by Gasteiger charge is 2.24. The van der Waals surface area contributed by atoms with Crippen molar-refractivity contribution in [2.24, 2.45) is 0 Å². The van der Waals surface area contributed by atoms with Crippen LogP contribution >= 0.6 is 22.9 Å². The molecule has 3 rings (SSSR count). The second-order valence-electron chi connectivity index (χ2n) is 6.26. The lowest BCUT2D eigenvalue weighted by Crippen LogP contribution is -2.20. The van der Waals surface area contributed by atoms with Crippen LogP contribution in [0.15, 0.2) is 24.5 Å². The van der Waals surface area contributed by atoms with Crippen molar-refractivity contribution in [3.8, 4) is 22.1 Å². The van der Waals surface area contributed by atoms with Crippen LogP contribution in [0.25, 0.3) is 11.1 Å². The minimum atomic E-state index is -3.01. The van der Waals surface area contributed by atoms with Crippen molar-refractivity contribution in [2.45, 2.75) is 19.8 Å². The van der Waals surface area contributed by atoms with Crippen molar-refractivity contribution >= 4 is 34.0 Å². The summed E-state index contributed by atoms with van der Waals surface area (Å²) in [5.41, 5.74) is 1.97. The molecule has 0 saturated carbocycles. The number of pyridine rings is 2. The van der Waals surface area contributed by atoms with Gasteiger partial charge in [0, 0.05) is 29.9 Å². The lowest BCUT2D eigenvalue weighted by Gasteiger charge is -2.13. The Morgan fingerprint density at radius 2 is 2.00 bits per heavy atom. The number of hydrogen-bond donors (Lipinski definition) is 1. The summed E-state index contributed by atoms with van der Waals surface area (Å²) in [5, 5.41) is 10.2. The van der Waals surface area contributed by atoms with Gasteiger partial charge in [-0.3, -0.25) is 15.1 Å². The van der Waals surface area contributed by atoms with E-state index in [0.29, 0.717) is 22.6 Å². The number of aryl methyl sites for hydroxylation is 1. The Labute approximate surface area is 179 Å². The summed E-state index contributed by atoms with van der Waals surface area (Å²) in [6.45, 7) is 1.66. The number of ether oxygens (including phenoxy) is 2. The lowest BCUT2D eigenvalue weighted by atomic mass is 10.0. The SMILES string of the molecule is COc1cnc(Cl)cc1-c1cc(C)ncc1C(=O)Nc1nnc(OCC(C)(F)F)s1. The first-order valence-corrected chi connectivity index (χ1v) is 9.68. The molecule has 8 nitrogen and oxygen atoms in total. The molecule has 0 radical (unpaired) electrons. The highest BCUT2D eigenvalue weighted by atomic mass is 35.5. The molecule has 3 aromatic heterocycles. The average molecular weight is 456 g/mol. The molecule has 0 aliphatic rings. The zero-order valence-corrected chi connectivity index (χ0v) is 17.6. The molecule has 0 bridgehead atoms. The molecule has 0 fully saturated rings. The number of nitrogens with one attached hydrogen (secondary N) is 1. The van der Waals surface area contributed by atoms with Gasteiger partial charge in [-0.2, -0.15) is 0 Å². The summed E-state index contributed by atoms with van der Waals surface area (Å²) in [5.74, 6) is -3.12. The third kappa shape index (κ3) is 5.36. The standard InChI is InChI=1S/C18H16ClF2N5O3S/c1-9-4-10(11-5-14(19)23-7-13(11)28-3)12(6-22-9)15(27)24-16-25-26-17(30-16)29-8-18(2,20)21/h4-7H,8H2,1-3H3,(H,24,25,27). The maximum absolute atomic E-state index is 12.9. The quantitative estimate of drug-likeness (QED) is 0.531. The van der Waals surface area contributed by atoms with Crippen molar-refractivity contribution in [3.05, 3.63) is 40.9 Å². The van der Waals surface area contributed by atoms with Gasteiger partial charge in [-0.15, -0.1) is 5.10 Å². The Kier molecular flexibility index (Phi) is 6.42. The van der Waals surface area contributed by atoms with E-state index < -0.39 is 18.4 Å². The Balaban J connectivity index is 1.88. The number of amides is 1. The maximum Gasteiger partial charge on any atom is 0.296 e. The summed E-state index contributed by atoms with van der Waals surface area (Å²) in [7, 11) is 1.48. The highest BCUT2D eigenvalue weighted by molar-refractivity contribution is 7.17. The van der Waals surface area contributed by atoms with E-state index in [9.17, 15) is 13.6 Å². The monoisotopic (exact) mass is 455 g/mol. The number of carbonyl (C=O) groups excluding carboxylic acids is 1. The molecule has 12 heteroatoms. The molecule has 1 N–H and O–H groups in total. The topological polar surface area (TPSA) is 99.1 Å². The number of methoxy groups -OCH3 is 1. The molecular weight excluding hydrogens is 440 g/mol. The summed E-state index contributed by atoms with van der Waals surface area (Å²) in [6, 6.07) is 3.29. The molecule has 158 valence electrons. The Bertz CT molecular complexity index is 1070. The summed E-state index contributed by atoms with van der Waals surface area (Å²) in [6.07, 6.45) is 2.86. The Hall–Kier alpha value is -2.92. The van der Waals surface area contributed by atoms with Crippen LogP contribution in [0.4, 0.5) is 13.9 Å².